The van der Waals surface area contributed by atoms with Gasteiger partial charge in [0.25, 0.3) is 0 Å². The Bertz CT molecular complexity index is 334. The Labute approximate surface area is 139 Å². The third-order valence-corrected chi connectivity index (χ3v) is 3.39. The molecule has 0 unspecified atom stereocenters. The van der Waals surface area contributed by atoms with Crippen LogP contribution < -0.4 is 22.3 Å². The van der Waals surface area contributed by atoms with Crippen LogP contribution in [0, 0.1) is 0 Å². The summed E-state index contributed by atoms with van der Waals surface area (Å²) in [6.45, 7) is 10.9. The van der Waals surface area contributed by atoms with Crippen LogP contribution in [0.2, 0.25) is 0 Å². The van der Waals surface area contributed by atoms with Crippen LogP contribution in [0.1, 0.15) is 6.92 Å². The number of rotatable bonds is 5. The maximum Gasteiger partial charge on any atom is 0.113 e. The van der Waals surface area contributed by atoms with Crippen molar-refractivity contribution >= 4 is 12.7 Å². The molecule has 10 nitrogen and oxygen atoms in total. The van der Waals surface area contributed by atoms with Gasteiger partial charge in [0.2, 0.25) is 0 Å². The van der Waals surface area contributed by atoms with E-state index >= 15 is 0 Å². The molecular formula is C13H32N10. The Kier molecular flexibility index (Phi) is 10.0. The summed E-state index contributed by atoms with van der Waals surface area (Å²) < 4.78 is 0. The Morgan fingerprint density at radius 1 is 0.913 bits per heavy atom. The van der Waals surface area contributed by atoms with Gasteiger partial charge >= 0.3 is 0 Å². The molecule has 0 saturated carbocycles. The van der Waals surface area contributed by atoms with Gasteiger partial charge in [0.15, 0.2) is 0 Å². The summed E-state index contributed by atoms with van der Waals surface area (Å²) in [6, 6.07) is 0. The number of hydrogen-bond donors (Lipinski definition) is 4. The first-order chi connectivity index (χ1) is 11.1. The second-order valence-electron chi connectivity index (χ2n) is 5.36. The molecule has 6 N–H and O–H groups in total. The molecule has 0 aromatic heterocycles. The minimum atomic E-state index is 0.739. The second-order valence-corrected chi connectivity index (χ2v) is 5.36. The molecule has 2 heterocycles. The lowest BCUT2D eigenvalue weighted by molar-refractivity contribution is 0.301. The van der Waals surface area contributed by atoms with Gasteiger partial charge < -0.3 is 20.4 Å². The normalized spacial score (nSPS) is 19.0. The van der Waals surface area contributed by atoms with Crippen molar-refractivity contribution in [3.05, 3.63) is 0 Å². The number of hydrazine groups is 2. The summed E-state index contributed by atoms with van der Waals surface area (Å²) in [5.41, 5.74) is 0. The molecule has 2 aliphatic heterocycles. The van der Waals surface area contributed by atoms with E-state index in [1.165, 1.54) is 10.2 Å². The largest absolute Gasteiger partial charge is 0.359 e. The van der Waals surface area contributed by atoms with Crippen molar-refractivity contribution in [2.45, 2.75) is 6.92 Å². The predicted molar refractivity (Wildman–Crippen MR) is 94.4 cm³/mol. The van der Waals surface area contributed by atoms with Gasteiger partial charge in [-0.1, -0.05) is 0 Å². The van der Waals surface area contributed by atoms with Crippen molar-refractivity contribution in [1.29, 1.82) is 0 Å². The van der Waals surface area contributed by atoms with Gasteiger partial charge in [-0.2, -0.15) is 10.2 Å². The molecule has 0 radical (unpaired) electrons. The summed E-state index contributed by atoms with van der Waals surface area (Å²) in [6.07, 6.45) is 3.59. The number of nitrogens with zero attached hydrogens (tertiary/aromatic N) is 6. The van der Waals surface area contributed by atoms with Crippen molar-refractivity contribution in [2.75, 3.05) is 66.0 Å². The van der Waals surface area contributed by atoms with Crippen LogP contribution in [0.3, 0.4) is 0 Å². The summed E-state index contributed by atoms with van der Waals surface area (Å²) in [4.78, 5) is 4.30. The lowest BCUT2D eigenvalue weighted by Crippen LogP contribution is -2.43. The van der Waals surface area contributed by atoms with E-state index in [4.69, 9.17) is 11.7 Å². The maximum atomic E-state index is 5.48. The fourth-order valence-corrected chi connectivity index (χ4v) is 1.97. The van der Waals surface area contributed by atoms with E-state index in [2.05, 4.69) is 30.6 Å². The van der Waals surface area contributed by atoms with E-state index in [9.17, 15) is 0 Å². The lowest BCUT2D eigenvalue weighted by Gasteiger charge is -2.25. The van der Waals surface area contributed by atoms with E-state index in [1.807, 2.05) is 13.3 Å². The van der Waals surface area contributed by atoms with Crippen LogP contribution in [0.5, 0.6) is 0 Å². The van der Waals surface area contributed by atoms with Crippen LogP contribution in [0.4, 0.5) is 0 Å². The third kappa shape index (κ3) is 9.89. The molecule has 23 heavy (non-hydrogen) atoms. The summed E-state index contributed by atoms with van der Waals surface area (Å²) in [5, 5.41) is 17.2. The van der Waals surface area contributed by atoms with Crippen molar-refractivity contribution in [2.24, 2.45) is 21.9 Å². The molecule has 0 atom stereocenters. The Balaban J connectivity index is 0.000000231. The van der Waals surface area contributed by atoms with Gasteiger partial charge in [-0.05, 0) is 6.92 Å². The highest BCUT2D eigenvalue weighted by atomic mass is 15.6. The first-order valence-corrected chi connectivity index (χ1v) is 8.10. The monoisotopic (exact) mass is 328 g/mol. The molecule has 0 amide bonds. The average Bonchev–Trinajstić information content (AvgIpc) is 2.60. The average molecular weight is 328 g/mol. The zero-order valence-corrected chi connectivity index (χ0v) is 14.4. The molecule has 2 saturated heterocycles. The van der Waals surface area contributed by atoms with Gasteiger partial charge in [-0.15, -0.1) is 0 Å². The summed E-state index contributed by atoms with van der Waals surface area (Å²) in [7, 11) is 1.71. The fraction of sp³-hybridized carbons (Fsp3) is 0.846. The van der Waals surface area contributed by atoms with Gasteiger partial charge in [0.05, 0.1) is 6.54 Å². The molecule has 0 aromatic carbocycles. The highest BCUT2D eigenvalue weighted by Crippen LogP contribution is 1.88. The first kappa shape index (κ1) is 19.4. The van der Waals surface area contributed by atoms with E-state index in [-0.39, 0.29) is 0 Å². The van der Waals surface area contributed by atoms with E-state index in [1.54, 1.807) is 13.4 Å². The Morgan fingerprint density at radius 2 is 1.35 bits per heavy atom. The maximum absolute atomic E-state index is 5.48. The SMILES string of the molecule is CCN(N)N=CN1CCNCC1.CN(N)N=CN1CCNCC1. The number of hydrazone groups is 2. The van der Waals surface area contributed by atoms with Crippen LogP contribution in [-0.2, 0) is 0 Å². The number of nitrogens with two attached hydrogens (primary N) is 2. The molecule has 0 aliphatic carbocycles. The van der Waals surface area contributed by atoms with E-state index < -0.39 is 0 Å². The summed E-state index contributed by atoms with van der Waals surface area (Å²) >= 11 is 0. The van der Waals surface area contributed by atoms with Crippen LogP contribution in [-0.4, -0.2) is 98.7 Å². The minimum absolute atomic E-state index is 0.739. The highest BCUT2D eigenvalue weighted by Gasteiger charge is 2.05. The predicted octanol–water partition coefficient (Wildman–Crippen LogP) is -2.33. The third-order valence-electron chi connectivity index (χ3n) is 3.39. The van der Waals surface area contributed by atoms with Crippen LogP contribution in [0.15, 0.2) is 10.2 Å². The van der Waals surface area contributed by atoms with Gasteiger partial charge in [-0.3, -0.25) is 0 Å². The van der Waals surface area contributed by atoms with Crippen molar-refractivity contribution in [3.63, 3.8) is 0 Å². The molecule has 134 valence electrons. The molecule has 2 aliphatic rings. The molecule has 0 spiro atoms. The molecule has 10 heteroatoms. The Hall–Kier alpha value is -1.62. The first-order valence-electron chi connectivity index (χ1n) is 8.10. The zero-order chi connectivity index (χ0) is 16.9. The highest BCUT2D eigenvalue weighted by molar-refractivity contribution is 5.54. The van der Waals surface area contributed by atoms with E-state index in [0.29, 0.717) is 0 Å². The number of piperazine rings is 2. The van der Waals surface area contributed by atoms with Gasteiger partial charge in [0, 0.05) is 59.4 Å². The van der Waals surface area contributed by atoms with Crippen molar-refractivity contribution < 1.29 is 0 Å². The standard InChI is InChI=1S/C7H17N5.C6H15N5/c1-2-12(8)10-7-11-5-3-9-4-6-11;1-10(7)9-6-11-4-2-8-3-5-11/h7,9H,2-6,8H2,1H3;6,8H,2-5,7H2,1H3. The fourth-order valence-electron chi connectivity index (χ4n) is 1.97. The molecule has 2 rings (SSSR count). The summed E-state index contributed by atoms with van der Waals surface area (Å²) in [5.74, 6) is 10.8. The van der Waals surface area contributed by atoms with Gasteiger partial charge in [0.1, 0.15) is 12.7 Å². The lowest BCUT2D eigenvalue weighted by atomic mass is 10.4. The second kappa shape index (κ2) is 11.9. The smallest absolute Gasteiger partial charge is 0.113 e. The number of nitrogens with one attached hydrogen (secondary N) is 2. The molecule has 0 aromatic rings. The quantitative estimate of drug-likeness (QED) is 0.192. The number of hydrogen-bond acceptors (Lipinski definition) is 8. The molecular weight excluding hydrogens is 296 g/mol. The van der Waals surface area contributed by atoms with Gasteiger partial charge in [-0.25, -0.2) is 21.9 Å². The van der Waals surface area contributed by atoms with Crippen molar-refractivity contribution in [1.82, 2.24) is 30.7 Å². The van der Waals surface area contributed by atoms with Crippen molar-refractivity contribution in [3.8, 4) is 0 Å². The molecule has 2 fully saturated rings. The van der Waals surface area contributed by atoms with Crippen LogP contribution in [0.25, 0.3) is 0 Å². The van der Waals surface area contributed by atoms with Crippen LogP contribution >= 0.6 is 0 Å². The topological polar surface area (TPSA) is 114 Å². The Morgan fingerprint density at radius 3 is 1.74 bits per heavy atom. The minimum Gasteiger partial charge on any atom is -0.359 e. The zero-order valence-electron chi connectivity index (χ0n) is 14.4. The molecule has 0 bridgehead atoms. The van der Waals surface area contributed by atoms with E-state index in [0.717, 1.165) is 58.9 Å².